The van der Waals surface area contributed by atoms with E-state index in [1.165, 1.54) is 4.68 Å². The molecule has 3 aromatic carbocycles. The molecular formula is C29H28ClN5O2. The zero-order chi connectivity index (χ0) is 25.5. The summed E-state index contributed by atoms with van der Waals surface area (Å²) in [6.45, 7) is 5.17. The molecular weight excluding hydrogens is 486 g/mol. The Labute approximate surface area is 219 Å². The van der Waals surface area contributed by atoms with Gasteiger partial charge in [-0.05, 0) is 59.9 Å². The predicted octanol–water partition coefficient (Wildman–Crippen LogP) is 4.90. The number of imidazole rings is 1. The number of nitrogens with zero attached hydrogens (tertiary/aromatic N) is 3. The quantitative estimate of drug-likeness (QED) is 0.326. The summed E-state index contributed by atoms with van der Waals surface area (Å²) < 4.78 is 6.71. The SMILES string of the molecule is CCc1c(-c2nc3ccc(N4CCOCC4)cc3[nH]2)c(=O)n(N)c2ccc(Cl)c(Cc3ccccc3)c12. The molecule has 3 N–H and O–H groups in total. The first-order valence-corrected chi connectivity index (χ1v) is 12.9. The highest BCUT2D eigenvalue weighted by atomic mass is 35.5. The van der Waals surface area contributed by atoms with E-state index in [-0.39, 0.29) is 5.56 Å². The number of aryl methyl sites for hydroxylation is 1. The van der Waals surface area contributed by atoms with E-state index >= 15 is 0 Å². The summed E-state index contributed by atoms with van der Waals surface area (Å²) >= 11 is 6.76. The zero-order valence-electron chi connectivity index (χ0n) is 20.6. The minimum Gasteiger partial charge on any atom is -0.378 e. The third-order valence-corrected chi connectivity index (χ3v) is 7.54. The van der Waals surface area contributed by atoms with Gasteiger partial charge in [0.2, 0.25) is 0 Å². The normalized spacial score (nSPS) is 14.1. The van der Waals surface area contributed by atoms with Crippen molar-refractivity contribution in [2.24, 2.45) is 0 Å². The van der Waals surface area contributed by atoms with Crippen molar-refractivity contribution >= 4 is 39.2 Å². The number of morpholine rings is 1. The first kappa shape index (κ1) is 23.6. The Morgan fingerprint density at radius 3 is 2.59 bits per heavy atom. The maximum Gasteiger partial charge on any atom is 0.280 e. The molecule has 8 heteroatoms. The number of nitrogen functional groups attached to an aromatic ring is 1. The fourth-order valence-corrected chi connectivity index (χ4v) is 5.56. The number of rotatable bonds is 5. The lowest BCUT2D eigenvalue weighted by Crippen LogP contribution is -2.36. The van der Waals surface area contributed by atoms with Gasteiger partial charge in [-0.2, -0.15) is 0 Å². The molecule has 0 amide bonds. The molecule has 0 unspecified atom stereocenters. The van der Waals surface area contributed by atoms with Gasteiger partial charge in [-0.15, -0.1) is 0 Å². The van der Waals surface area contributed by atoms with Gasteiger partial charge in [0.05, 0.1) is 35.3 Å². The first-order valence-electron chi connectivity index (χ1n) is 12.6. The number of hydrogen-bond donors (Lipinski definition) is 2. The van der Waals surface area contributed by atoms with Gasteiger partial charge in [0.25, 0.3) is 5.56 Å². The van der Waals surface area contributed by atoms with Gasteiger partial charge in [0, 0.05) is 29.2 Å². The smallest absolute Gasteiger partial charge is 0.280 e. The molecule has 0 radical (unpaired) electrons. The molecule has 1 fully saturated rings. The van der Waals surface area contributed by atoms with Crippen molar-refractivity contribution in [1.82, 2.24) is 14.6 Å². The van der Waals surface area contributed by atoms with Gasteiger partial charge in [-0.3, -0.25) is 4.79 Å². The predicted molar refractivity (Wildman–Crippen MR) is 150 cm³/mol. The van der Waals surface area contributed by atoms with E-state index in [2.05, 4.69) is 34.1 Å². The van der Waals surface area contributed by atoms with Crippen LogP contribution < -0.4 is 16.3 Å². The lowest BCUT2D eigenvalue weighted by molar-refractivity contribution is 0.122. The summed E-state index contributed by atoms with van der Waals surface area (Å²) in [5, 5.41) is 1.56. The van der Waals surface area contributed by atoms with Gasteiger partial charge < -0.3 is 20.5 Å². The Kier molecular flexibility index (Phi) is 6.10. The maximum atomic E-state index is 13.6. The lowest BCUT2D eigenvalue weighted by Gasteiger charge is -2.28. The number of pyridine rings is 1. The van der Waals surface area contributed by atoms with Crippen molar-refractivity contribution in [3.8, 4) is 11.4 Å². The second-order valence-electron chi connectivity index (χ2n) is 9.35. The minimum absolute atomic E-state index is 0.287. The van der Waals surface area contributed by atoms with E-state index in [1.807, 2.05) is 43.3 Å². The number of aromatic amines is 1. The van der Waals surface area contributed by atoms with Gasteiger partial charge in [-0.1, -0.05) is 48.9 Å². The van der Waals surface area contributed by atoms with E-state index < -0.39 is 0 Å². The summed E-state index contributed by atoms with van der Waals surface area (Å²) in [6.07, 6.45) is 1.25. The van der Waals surface area contributed by atoms with Crippen molar-refractivity contribution in [2.75, 3.05) is 37.0 Å². The third kappa shape index (κ3) is 4.14. The van der Waals surface area contributed by atoms with E-state index in [0.29, 0.717) is 48.0 Å². The average molecular weight is 514 g/mol. The molecule has 0 saturated carbocycles. The standard InChI is InChI=1S/C29H28ClN5O2/c1-2-20-26-21(16-18-6-4-3-5-7-18)22(30)9-11-25(26)35(31)29(36)27(20)28-32-23-10-8-19(17-24(23)33-28)34-12-14-37-15-13-34/h3-11,17H,2,12-16,31H2,1H3,(H,32,33). The molecule has 188 valence electrons. The number of benzene rings is 3. The number of nitrogens with one attached hydrogen (secondary N) is 1. The molecule has 1 saturated heterocycles. The second-order valence-corrected chi connectivity index (χ2v) is 9.76. The zero-order valence-corrected chi connectivity index (χ0v) is 21.4. The van der Waals surface area contributed by atoms with Crippen molar-refractivity contribution in [3.63, 3.8) is 0 Å². The van der Waals surface area contributed by atoms with Crippen LogP contribution in [0.5, 0.6) is 0 Å². The van der Waals surface area contributed by atoms with Crippen LogP contribution in [0, 0.1) is 0 Å². The topological polar surface area (TPSA) is 89.2 Å². The number of anilines is 1. The second kappa shape index (κ2) is 9.57. The molecule has 1 aliphatic heterocycles. The highest BCUT2D eigenvalue weighted by Crippen LogP contribution is 2.34. The monoisotopic (exact) mass is 513 g/mol. The van der Waals surface area contributed by atoms with Gasteiger partial charge >= 0.3 is 0 Å². The fraction of sp³-hybridized carbons (Fsp3) is 0.241. The molecule has 0 spiro atoms. The van der Waals surface area contributed by atoms with Crippen molar-refractivity contribution in [2.45, 2.75) is 19.8 Å². The maximum absolute atomic E-state index is 13.6. The van der Waals surface area contributed by atoms with Crippen LogP contribution in [0.1, 0.15) is 23.6 Å². The van der Waals surface area contributed by atoms with Crippen molar-refractivity contribution in [3.05, 3.63) is 92.7 Å². The van der Waals surface area contributed by atoms with Crippen molar-refractivity contribution < 1.29 is 4.74 Å². The summed E-state index contributed by atoms with van der Waals surface area (Å²) in [5.74, 6) is 6.93. The van der Waals surface area contributed by atoms with Gasteiger partial charge in [-0.25, -0.2) is 9.66 Å². The van der Waals surface area contributed by atoms with Crippen LogP contribution in [0.4, 0.5) is 5.69 Å². The number of aromatic nitrogens is 3. The molecule has 0 aliphatic carbocycles. The van der Waals surface area contributed by atoms with Crippen LogP contribution >= 0.6 is 11.6 Å². The molecule has 0 bridgehead atoms. The number of H-pyrrole nitrogens is 1. The van der Waals surface area contributed by atoms with Crippen molar-refractivity contribution in [1.29, 1.82) is 0 Å². The Bertz CT molecular complexity index is 1670. The van der Waals surface area contributed by atoms with Gasteiger partial charge in [0.1, 0.15) is 5.82 Å². The molecule has 3 heterocycles. The summed E-state index contributed by atoms with van der Waals surface area (Å²) in [7, 11) is 0. The molecule has 7 nitrogen and oxygen atoms in total. The lowest BCUT2D eigenvalue weighted by atomic mass is 9.93. The summed E-state index contributed by atoms with van der Waals surface area (Å²) in [6, 6.07) is 20.0. The molecule has 1 aliphatic rings. The minimum atomic E-state index is -0.287. The van der Waals surface area contributed by atoms with Crippen LogP contribution in [-0.2, 0) is 17.6 Å². The molecule has 0 atom stereocenters. The third-order valence-electron chi connectivity index (χ3n) is 7.19. The Hall–Kier alpha value is -3.81. The molecule has 5 aromatic rings. The van der Waals surface area contributed by atoms with Crippen LogP contribution in [0.2, 0.25) is 5.02 Å². The summed E-state index contributed by atoms with van der Waals surface area (Å²) in [5.41, 5.74) is 6.61. The Morgan fingerprint density at radius 2 is 1.84 bits per heavy atom. The highest BCUT2D eigenvalue weighted by Gasteiger charge is 2.23. The largest absolute Gasteiger partial charge is 0.378 e. The highest BCUT2D eigenvalue weighted by molar-refractivity contribution is 6.32. The fourth-order valence-electron chi connectivity index (χ4n) is 5.34. The first-order chi connectivity index (χ1) is 18.0. The molecule has 37 heavy (non-hydrogen) atoms. The number of halogens is 1. The summed E-state index contributed by atoms with van der Waals surface area (Å²) in [4.78, 5) is 24.2. The number of nitrogens with two attached hydrogens (primary N) is 1. The van der Waals surface area contributed by atoms with Gasteiger partial charge in [0.15, 0.2) is 0 Å². The van der Waals surface area contributed by atoms with Crippen LogP contribution in [0.3, 0.4) is 0 Å². The Balaban J connectivity index is 1.55. The van der Waals surface area contributed by atoms with E-state index in [9.17, 15) is 4.79 Å². The van der Waals surface area contributed by atoms with E-state index in [1.54, 1.807) is 0 Å². The molecule has 2 aromatic heterocycles. The van der Waals surface area contributed by atoms with E-state index in [0.717, 1.165) is 51.9 Å². The number of hydrogen-bond acceptors (Lipinski definition) is 5. The number of fused-ring (bicyclic) bond motifs is 2. The Morgan fingerprint density at radius 1 is 1.05 bits per heavy atom. The van der Waals surface area contributed by atoms with Crippen LogP contribution in [-0.4, -0.2) is 40.9 Å². The van der Waals surface area contributed by atoms with Crippen LogP contribution in [0.25, 0.3) is 33.3 Å². The molecule has 6 rings (SSSR count). The van der Waals surface area contributed by atoms with Crippen LogP contribution in [0.15, 0.2) is 65.5 Å². The number of ether oxygens (including phenoxy) is 1. The van der Waals surface area contributed by atoms with E-state index in [4.69, 9.17) is 27.2 Å². The average Bonchev–Trinajstić information content (AvgIpc) is 3.36.